The topological polar surface area (TPSA) is 53.5 Å². The van der Waals surface area contributed by atoms with Gasteiger partial charge in [0.2, 0.25) is 0 Å². The van der Waals surface area contributed by atoms with E-state index in [1.165, 1.54) is 0 Å². The lowest BCUT2D eigenvalue weighted by molar-refractivity contribution is -0.0761. The number of hydrogen-bond donors (Lipinski definition) is 3. The zero-order valence-corrected chi connectivity index (χ0v) is 11.2. The summed E-state index contributed by atoms with van der Waals surface area (Å²) < 4.78 is 5.46. The first-order valence-electron chi connectivity index (χ1n) is 6.75. The van der Waals surface area contributed by atoms with E-state index in [2.05, 4.69) is 31.4 Å². The minimum atomic E-state index is -0.150. The normalized spacial score (nSPS) is 38.5. The highest BCUT2D eigenvalue weighted by Gasteiger charge is 2.47. The van der Waals surface area contributed by atoms with E-state index in [0.29, 0.717) is 18.1 Å². The number of rotatable bonds is 4. The van der Waals surface area contributed by atoms with Gasteiger partial charge in [-0.3, -0.25) is 0 Å². The van der Waals surface area contributed by atoms with Crippen molar-refractivity contribution in [1.29, 1.82) is 0 Å². The smallest absolute Gasteiger partial charge is 0.0621 e. The molecule has 1 saturated heterocycles. The van der Waals surface area contributed by atoms with E-state index in [1.54, 1.807) is 0 Å². The van der Waals surface area contributed by atoms with E-state index in [4.69, 9.17) is 4.74 Å². The fourth-order valence-corrected chi connectivity index (χ4v) is 2.79. The molecule has 2 aliphatic rings. The highest BCUT2D eigenvalue weighted by Crippen LogP contribution is 2.40. The van der Waals surface area contributed by atoms with Crippen LogP contribution in [0.25, 0.3) is 0 Å². The maximum atomic E-state index is 9.71. The molecule has 0 aromatic carbocycles. The third-order valence-corrected chi connectivity index (χ3v) is 4.34. The Morgan fingerprint density at radius 2 is 2.29 bits per heavy atom. The second kappa shape index (κ2) is 5.22. The molecule has 1 saturated carbocycles. The van der Waals surface area contributed by atoms with Gasteiger partial charge in [-0.1, -0.05) is 13.8 Å². The fourth-order valence-electron chi connectivity index (χ4n) is 2.79. The van der Waals surface area contributed by atoms with Crippen LogP contribution in [-0.4, -0.2) is 49.1 Å². The van der Waals surface area contributed by atoms with Crippen molar-refractivity contribution in [2.45, 2.75) is 57.8 Å². The summed E-state index contributed by atoms with van der Waals surface area (Å²) in [6.07, 6.45) is 1.82. The molecule has 4 unspecified atom stereocenters. The summed E-state index contributed by atoms with van der Waals surface area (Å²) in [5.74, 6) is 0. The molecule has 4 heteroatoms. The lowest BCUT2D eigenvalue weighted by Crippen LogP contribution is -2.62. The standard InChI is InChI=1S/C13H26N2O2/c1-9(6-10-8-17-5-4-14-10)15-11-7-12(16)13(11,2)3/h9-12,14-16H,4-8H2,1-3H3. The Morgan fingerprint density at radius 1 is 1.53 bits per heavy atom. The second-order valence-corrected chi connectivity index (χ2v) is 6.15. The molecule has 1 heterocycles. The van der Waals surface area contributed by atoms with Crippen molar-refractivity contribution in [3.8, 4) is 0 Å². The Kier molecular flexibility index (Phi) is 4.08. The van der Waals surface area contributed by atoms with Crippen LogP contribution in [0.3, 0.4) is 0 Å². The van der Waals surface area contributed by atoms with Crippen molar-refractivity contribution in [2.75, 3.05) is 19.8 Å². The summed E-state index contributed by atoms with van der Waals surface area (Å²) in [6.45, 7) is 9.10. The lowest BCUT2D eigenvalue weighted by atomic mass is 9.64. The molecule has 0 spiro atoms. The van der Waals surface area contributed by atoms with Crippen LogP contribution >= 0.6 is 0 Å². The highest BCUT2D eigenvalue weighted by atomic mass is 16.5. The van der Waals surface area contributed by atoms with Gasteiger partial charge >= 0.3 is 0 Å². The van der Waals surface area contributed by atoms with Crippen LogP contribution in [0.4, 0.5) is 0 Å². The molecule has 17 heavy (non-hydrogen) atoms. The summed E-state index contributed by atoms with van der Waals surface area (Å²) in [4.78, 5) is 0. The largest absolute Gasteiger partial charge is 0.392 e. The van der Waals surface area contributed by atoms with Crippen LogP contribution in [0.5, 0.6) is 0 Å². The molecule has 100 valence electrons. The average Bonchev–Trinajstić information content (AvgIpc) is 2.30. The first-order chi connectivity index (χ1) is 8.00. The van der Waals surface area contributed by atoms with Crippen molar-refractivity contribution in [1.82, 2.24) is 10.6 Å². The molecular weight excluding hydrogens is 216 g/mol. The van der Waals surface area contributed by atoms with Gasteiger partial charge in [-0.25, -0.2) is 0 Å². The molecule has 1 aliphatic heterocycles. The van der Waals surface area contributed by atoms with Gasteiger partial charge in [-0.05, 0) is 19.8 Å². The Hall–Kier alpha value is -0.160. The number of aliphatic hydroxyl groups is 1. The van der Waals surface area contributed by atoms with Gasteiger partial charge in [-0.2, -0.15) is 0 Å². The molecule has 0 aromatic rings. The van der Waals surface area contributed by atoms with Gasteiger partial charge in [0.05, 0.1) is 19.3 Å². The summed E-state index contributed by atoms with van der Waals surface area (Å²) in [5.41, 5.74) is 0.0186. The summed E-state index contributed by atoms with van der Waals surface area (Å²) in [5, 5.41) is 16.8. The van der Waals surface area contributed by atoms with Crippen molar-refractivity contribution < 1.29 is 9.84 Å². The SMILES string of the molecule is CC(CC1COCCN1)NC1CC(O)C1(C)C. The predicted molar refractivity (Wildman–Crippen MR) is 68.0 cm³/mol. The van der Waals surface area contributed by atoms with E-state index in [9.17, 15) is 5.11 Å². The maximum absolute atomic E-state index is 9.71. The molecule has 0 aromatic heterocycles. The summed E-state index contributed by atoms with van der Waals surface area (Å²) in [7, 11) is 0. The monoisotopic (exact) mass is 242 g/mol. The minimum absolute atomic E-state index is 0.0186. The average molecular weight is 242 g/mol. The van der Waals surface area contributed by atoms with Gasteiger partial charge in [-0.15, -0.1) is 0 Å². The molecule has 0 bridgehead atoms. The Labute approximate surface area is 104 Å². The molecule has 2 fully saturated rings. The highest BCUT2D eigenvalue weighted by molar-refractivity contribution is 5.02. The summed E-state index contributed by atoms with van der Waals surface area (Å²) in [6, 6.07) is 1.38. The third-order valence-electron chi connectivity index (χ3n) is 4.34. The number of aliphatic hydroxyl groups excluding tert-OH is 1. The molecule has 0 amide bonds. The van der Waals surface area contributed by atoms with E-state index in [-0.39, 0.29) is 11.5 Å². The number of morpholine rings is 1. The Morgan fingerprint density at radius 3 is 2.82 bits per heavy atom. The van der Waals surface area contributed by atoms with Crippen LogP contribution in [0.1, 0.15) is 33.6 Å². The first-order valence-corrected chi connectivity index (χ1v) is 6.75. The van der Waals surface area contributed by atoms with Gasteiger partial charge in [0.25, 0.3) is 0 Å². The molecule has 0 radical (unpaired) electrons. The van der Waals surface area contributed by atoms with Crippen LogP contribution in [-0.2, 0) is 4.74 Å². The zero-order chi connectivity index (χ0) is 12.5. The van der Waals surface area contributed by atoms with Crippen LogP contribution < -0.4 is 10.6 Å². The van der Waals surface area contributed by atoms with E-state index in [1.807, 2.05) is 0 Å². The van der Waals surface area contributed by atoms with Gasteiger partial charge in [0.15, 0.2) is 0 Å². The first kappa shape index (κ1) is 13.3. The van der Waals surface area contributed by atoms with Crippen LogP contribution in [0.2, 0.25) is 0 Å². The molecular formula is C13H26N2O2. The van der Waals surface area contributed by atoms with Crippen molar-refractivity contribution in [2.24, 2.45) is 5.41 Å². The third kappa shape index (κ3) is 2.99. The Balaban J connectivity index is 1.72. The molecule has 1 aliphatic carbocycles. The zero-order valence-electron chi connectivity index (χ0n) is 11.2. The number of hydrogen-bond acceptors (Lipinski definition) is 4. The number of ether oxygens (including phenoxy) is 1. The van der Waals surface area contributed by atoms with Gasteiger partial charge in [0, 0.05) is 30.1 Å². The van der Waals surface area contributed by atoms with Crippen molar-refractivity contribution in [3.63, 3.8) is 0 Å². The van der Waals surface area contributed by atoms with Crippen LogP contribution in [0.15, 0.2) is 0 Å². The quantitative estimate of drug-likeness (QED) is 0.672. The molecule has 3 N–H and O–H groups in total. The van der Waals surface area contributed by atoms with E-state index < -0.39 is 0 Å². The summed E-state index contributed by atoms with van der Waals surface area (Å²) >= 11 is 0. The second-order valence-electron chi connectivity index (χ2n) is 6.15. The fraction of sp³-hybridized carbons (Fsp3) is 1.00. The molecule has 4 nitrogen and oxygen atoms in total. The van der Waals surface area contributed by atoms with E-state index in [0.717, 1.165) is 32.6 Å². The number of nitrogens with one attached hydrogen (secondary N) is 2. The lowest BCUT2D eigenvalue weighted by Gasteiger charge is -2.51. The minimum Gasteiger partial charge on any atom is -0.392 e. The van der Waals surface area contributed by atoms with Gasteiger partial charge in [0.1, 0.15) is 0 Å². The van der Waals surface area contributed by atoms with Crippen molar-refractivity contribution in [3.05, 3.63) is 0 Å². The molecule has 2 rings (SSSR count). The molecule has 4 atom stereocenters. The van der Waals surface area contributed by atoms with Crippen LogP contribution in [0, 0.1) is 5.41 Å². The Bertz CT molecular complexity index is 252. The van der Waals surface area contributed by atoms with Gasteiger partial charge < -0.3 is 20.5 Å². The maximum Gasteiger partial charge on any atom is 0.0621 e. The predicted octanol–water partition coefficient (Wildman–Crippen LogP) is 0.502. The van der Waals surface area contributed by atoms with E-state index >= 15 is 0 Å². The van der Waals surface area contributed by atoms with Crippen molar-refractivity contribution >= 4 is 0 Å².